The van der Waals surface area contributed by atoms with Crippen molar-refractivity contribution >= 4 is 22.6 Å². The third-order valence-corrected chi connectivity index (χ3v) is 5.75. The lowest BCUT2D eigenvalue weighted by atomic mass is 10.0. The molecule has 0 aliphatic heterocycles. The van der Waals surface area contributed by atoms with Crippen LogP contribution in [-0.2, 0) is 0 Å². The van der Waals surface area contributed by atoms with Crippen molar-refractivity contribution in [2.45, 2.75) is 53.0 Å². The van der Waals surface area contributed by atoms with E-state index in [1.165, 1.54) is 6.07 Å². The fourth-order valence-electron chi connectivity index (χ4n) is 3.60. The number of benzene rings is 1. The molecule has 3 rings (SSSR count). The number of hydrogen-bond donors (Lipinski definition) is 0. The molecule has 0 N–H and O–H groups in total. The molecule has 114 valence electrons. The largest absolute Gasteiger partial charge is 0.322 e. The van der Waals surface area contributed by atoms with Gasteiger partial charge in [0.25, 0.3) is 0 Å². The number of halogens is 2. The minimum absolute atomic E-state index is 0.170. The second-order valence-electron chi connectivity index (χ2n) is 7.39. The predicted octanol–water partition coefficient (Wildman–Crippen LogP) is 5.39. The van der Waals surface area contributed by atoms with E-state index in [1.54, 1.807) is 6.92 Å². The van der Waals surface area contributed by atoms with Crippen LogP contribution in [0.1, 0.15) is 57.4 Å². The summed E-state index contributed by atoms with van der Waals surface area (Å²) in [5.74, 6) is 0.621. The van der Waals surface area contributed by atoms with Gasteiger partial charge in [-0.2, -0.15) is 0 Å². The average Bonchev–Trinajstić information content (AvgIpc) is 2.66. The van der Waals surface area contributed by atoms with E-state index in [2.05, 4.69) is 37.2 Å². The summed E-state index contributed by atoms with van der Waals surface area (Å²) < 4.78 is 16.1. The quantitative estimate of drug-likeness (QED) is 0.680. The van der Waals surface area contributed by atoms with Crippen molar-refractivity contribution in [3.63, 3.8) is 0 Å². The van der Waals surface area contributed by atoms with Gasteiger partial charge in [-0.05, 0) is 36.3 Å². The van der Waals surface area contributed by atoms with Crippen LogP contribution in [0.15, 0.2) is 12.1 Å². The van der Waals surface area contributed by atoms with Crippen molar-refractivity contribution in [2.75, 3.05) is 0 Å². The first kappa shape index (κ1) is 14.8. The molecule has 0 spiro atoms. The van der Waals surface area contributed by atoms with Crippen LogP contribution < -0.4 is 0 Å². The maximum atomic E-state index is 13.8. The SMILES string of the molecule is Cc1cc2c(cc1F)nc(C(C)Cl)n2C1C(C)(C)C1(C)C. The molecule has 2 aromatic rings. The monoisotopic (exact) mass is 308 g/mol. The van der Waals surface area contributed by atoms with Crippen LogP contribution in [0.25, 0.3) is 11.0 Å². The predicted molar refractivity (Wildman–Crippen MR) is 85.3 cm³/mol. The molecule has 0 amide bonds. The Labute approximate surface area is 130 Å². The molecule has 0 bridgehead atoms. The van der Waals surface area contributed by atoms with Crippen LogP contribution in [0.3, 0.4) is 0 Å². The number of nitrogens with zero attached hydrogens (tertiary/aromatic N) is 2. The molecule has 1 aliphatic rings. The van der Waals surface area contributed by atoms with Gasteiger partial charge in [-0.15, -0.1) is 11.6 Å². The van der Waals surface area contributed by atoms with E-state index in [1.807, 2.05) is 13.0 Å². The van der Waals surface area contributed by atoms with Gasteiger partial charge in [0, 0.05) is 12.1 Å². The third kappa shape index (κ3) is 1.86. The molecule has 1 aliphatic carbocycles. The molecule has 1 aromatic carbocycles. The standard InChI is InChI=1S/C17H22ClFN2/c1-9-7-13-12(8-11(9)19)20-14(10(2)18)21(13)15-16(3,4)17(15,5)6/h7-8,10,15H,1-6H3. The smallest absolute Gasteiger partial charge is 0.128 e. The molecule has 0 radical (unpaired) electrons. The maximum absolute atomic E-state index is 13.8. The summed E-state index contributed by atoms with van der Waals surface area (Å²) in [5, 5.41) is -0.201. The number of alkyl halides is 1. The van der Waals surface area contributed by atoms with E-state index < -0.39 is 0 Å². The summed E-state index contributed by atoms with van der Waals surface area (Å²) in [7, 11) is 0. The third-order valence-electron chi connectivity index (χ3n) is 5.56. The molecular formula is C17H22ClFN2. The van der Waals surface area contributed by atoms with Crippen molar-refractivity contribution in [3.05, 3.63) is 29.3 Å². The molecular weight excluding hydrogens is 287 g/mol. The molecule has 1 unspecified atom stereocenters. The molecule has 21 heavy (non-hydrogen) atoms. The Hall–Kier alpha value is -1.09. The lowest BCUT2D eigenvalue weighted by molar-refractivity contribution is 0.457. The highest BCUT2D eigenvalue weighted by atomic mass is 35.5. The zero-order valence-electron chi connectivity index (χ0n) is 13.5. The number of hydrogen-bond acceptors (Lipinski definition) is 1. The van der Waals surface area contributed by atoms with E-state index in [-0.39, 0.29) is 22.0 Å². The minimum atomic E-state index is -0.213. The number of aryl methyl sites for hydroxylation is 1. The highest BCUT2D eigenvalue weighted by Crippen LogP contribution is 2.72. The second-order valence-corrected chi connectivity index (χ2v) is 8.05. The van der Waals surface area contributed by atoms with Gasteiger partial charge in [0.15, 0.2) is 0 Å². The van der Waals surface area contributed by atoms with Gasteiger partial charge < -0.3 is 4.57 Å². The van der Waals surface area contributed by atoms with Crippen LogP contribution >= 0.6 is 11.6 Å². The van der Waals surface area contributed by atoms with E-state index in [4.69, 9.17) is 11.6 Å². The summed E-state index contributed by atoms with van der Waals surface area (Å²) in [6.45, 7) is 12.8. The van der Waals surface area contributed by atoms with Crippen molar-refractivity contribution in [1.82, 2.24) is 9.55 Å². The van der Waals surface area contributed by atoms with Crippen LogP contribution in [0, 0.1) is 23.6 Å². The Morgan fingerprint density at radius 3 is 2.29 bits per heavy atom. The summed E-state index contributed by atoms with van der Waals surface area (Å²) in [6.07, 6.45) is 0. The molecule has 1 atom stereocenters. The first-order valence-corrected chi connectivity index (χ1v) is 7.84. The molecule has 1 heterocycles. The Balaban J connectivity index is 2.30. The van der Waals surface area contributed by atoms with E-state index in [0.29, 0.717) is 17.1 Å². The topological polar surface area (TPSA) is 17.8 Å². The Morgan fingerprint density at radius 1 is 1.24 bits per heavy atom. The highest BCUT2D eigenvalue weighted by molar-refractivity contribution is 6.20. The van der Waals surface area contributed by atoms with Crippen LogP contribution in [0.5, 0.6) is 0 Å². The van der Waals surface area contributed by atoms with Crippen LogP contribution in [0.4, 0.5) is 4.39 Å². The number of rotatable bonds is 2. The van der Waals surface area contributed by atoms with E-state index in [0.717, 1.165) is 11.3 Å². The van der Waals surface area contributed by atoms with Gasteiger partial charge in [0.2, 0.25) is 0 Å². The Bertz CT molecular complexity index is 714. The van der Waals surface area contributed by atoms with Gasteiger partial charge in [0.1, 0.15) is 11.6 Å². The van der Waals surface area contributed by atoms with E-state index in [9.17, 15) is 4.39 Å². The van der Waals surface area contributed by atoms with Crippen LogP contribution in [0.2, 0.25) is 0 Å². The summed E-state index contributed by atoms with van der Waals surface area (Å²) in [4.78, 5) is 4.60. The normalized spacial score (nSPS) is 21.7. The zero-order chi connectivity index (χ0) is 15.7. The van der Waals surface area contributed by atoms with Crippen molar-refractivity contribution in [1.29, 1.82) is 0 Å². The zero-order valence-corrected chi connectivity index (χ0v) is 14.2. The summed E-state index contributed by atoms with van der Waals surface area (Å²) in [5.41, 5.74) is 2.67. The average molecular weight is 309 g/mol. The molecule has 1 aromatic heterocycles. The van der Waals surface area contributed by atoms with Gasteiger partial charge in [0.05, 0.1) is 16.4 Å². The summed E-state index contributed by atoms with van der Waals surface area (Å²) in [6, 6.07) is 3.74. The highest BCUT2D eigenvalue weighted by Gasteiger charge is 2.66. The number of fused-ring (bicyclic) bond motifs is 1. The first-order valence-electron chi connectivity index (χ1n) is 7.41. The molecule has 1 saturated carbocycles. The van der Waals surface area contributed by atoms with Gasteiger partial charge >= 0.3 is 0 Å². The molecule has 1 fully saturated rings. The van der Waals surface area contributed by atoms with Crippen molar-refractivity contribution < 1.29 is 4.39 Å². The molecule has 0 saturated heterocycles. The lowest BCUT2D eigenvalue weighted by Gasteiger charge is -2.13. The van der Waals surface area contributed by atoms with Crippen molar-refractivity contribution in [3.8, 4) is 0 Å². The Kier molecular flexibility index (Phi) is 2.98. The first-order chi connectivity index (χ1) is 9.59. The van der Waals surface area contributed by atoms with Crippen LogP contribution in [-0.4, -0.2) is 9.55 Å². The minimum Gasteiger partial charge on any atom is -0.322 e. The molecule has 2 nitrogen and oxygen atoms in total. The lowest BCUT2D eigenvalue weighted by Crippen LogP contribution is -2.07. The van der Waals surface area contributed by atoms with Gasteiger partial charge in [-0.3, -0.25) is 0 Å². The fraction of sp³-hybridized carbons (Fsp3) is 0.588. The van der Waals surface area contributed by atoms with Gasteiger partial charge in [-0.25, -0.2) is 9.37 Å². The Morgan fingerprint density at radius 2 is 1.81 bits per heavy atom. The molecule has 4 heteroatoms. The van der Waals surface area contributed by atoms with Gasteiger partial charge in [-0.1, -0.05) is 27.7 Å². The number of aromatic nitrogens is 2. The second kappa shape index (κ2) is 4.22. The van der Waals surface area contributed by atoms with E-state index >= 15 is 0 Å². The van der Waals surface area contributed by atoms with Crippen molar-refractivity contribution in [2.24, 2.45) is 10.8 Å². The maximum Gasteiger partial charge on any atom is 0.128 e. The summed E-state index contributed by atoms with van der Waals surface area (Å²) >= 11 is 6.34. The number of imidazole rings is 1. The fourth-order valence-corrected chi connectivity index (χ4v) is 3.75.